The second kappa shape index (κ2) is 6.87. The van der Waals surface area contributed by atoms with Crippen LogP contribution in [0, 0.1) is 0 Å². The Balaban J connectivity index is 1.70. The summed E-state index contributed by atoms with van der Waals surface area (Å²) in [4.78, 5) is 34.6. The van der Waals surface area contributed by atoms with Crippen LogP contribution in [-0.4, -0.2) is 40.0 Å². The first-order valence-corrected chi connectivity index (χ1v) is 9.89. The highest BCUT2D eigenvalue weighted by Gasteiger charge is 2.56. The molecule has 0 spiro atoms. The highest BCUT2D eigenvalue weighted by molar-refractivity contribution is 6.15. The fraction of sp³-hybridized carbons (Fsp3) is 0.261. The number of fused-ring (bicyclic) bond motifs is 7. The predicted octanol–water partition coefficient (Wildman–Crippen LogP) is 3.73. The summed E-state index contributed by atoms with van der Waals surface area (Å²) in [6, 6.07) is 12.1. The number of hydrogen-bond acceptors (Lipinski definition) is 6. The zero-order valence-electron chi connectivity index (χ0n) is 16.3. The Labute approximate surface area is 175 Å². The molecule has 2 N–H and O–H groups in total. The van der Waals surface area contributed by atoms with Gasteiger partial charge in [0.15, 0.2) is 17.6 Å². The number of rotatable bonds is 5. The van der Waals surface area contributed by atoms with Gasteiger partial charge in [0.2, 0.25) is 0 Å². The number of benzene rings is 3. The monoisotopic (exact) mass is 422 g/mol. The third kappa shape index (κ3) is 3.02. The van der Waals surface area contributed by atoms with Crippen molar-refractivity contribution in [1.82, 2.24) is 0 Å². The second-order valence-electron chi connectivity index (χ2n) is 7.72. The van der Waals surface area contributed by atoms with E-state index < -0.39 is 29.8 Å². The van der Waals surface area contributed by atoms with E-state index in [0.29, 0.717) is 22.3 Å². The van der Waals surface area contributed by atoms with Crippen molar-refractivity contribution < 1.29 is 38.8 Å². The van der Waals surface area contributed by atoms with E-state index in [9.17, 15) is 19.5 Å². The van der Waals surface area contributed by atoms with Crippen LogP contribution in [-0.2, 0) is 14.3 Å². The van der Waals surface area contributed by atoms with Gasteiger partial charge in [-0.05, 0) is 35.4 Å². The van der Waals surface area contributed by atoms with Crippen molar-refractivity contribution in [3.8, 4) is 11.5 Å². The standard InChI is InChI=1S/C23H18O8/c24-18(25)6-3-9-23-17(11-19(26)30-23)29-20-14-5-2-1-4-13(14)16-10-12(22(27)28)7-8-15(16)21(20)31-23/h1-2,4-5,7-8,10,17H,3,6,9,11H2,(H,24,25)(H,27,28). The van der Waals surface area contributed by atoms with Crippen LogP contribution < -0.4 is 9.47 Å². The van der Waals surface area contributed by atoms with Crippen LogP contribution in [0.2, 0.25) is 0 Å². The van der Waals surface area contributed by atoms with Crippen molar-refractivity contribution in [3.05, 3.63) is 48.0 Å². The van der Waals surface area contributed by atoms with Gasteiger partial charge in [0.1, 0.15) is 0 Å². The Morgan fingerprint density at radius 2 is 1.71 bits per heavy atom. The third-order valence-electron chi connectivity index (χ3n) is 5.76. The largest absolute Gasteiger partial charge is 0.481 e. The Bertz CT molecular complexity index is 1260. The minimum atomic E-state index is -1.42. The van der Waals surface area contributed by atoms with Gasteiger partial charge in [0.05, 0.1) is 12.0 Å². The van der Waals surface area contributed by atoms with Gasteiger partial charge in [-0.2, -0.15) is 0 Å². The lowest BCUT2D eigenvalue weighted by Gasteiger charge is -2.39. The van der Waals surface area contributed by atoms with Crippen LogP contribution in [0.1, 0.15) is 36.0 Å². The van der Waals surface area contributed by atoms with Crippen LogP contribution in [0.5, 0.6) is 11.5 Å². The van der Waals surface area contributed by atoms with Gasteiger partial charge in [0, 0.05) is 23.6 Å². The molecule has 2 atom stereocenters. The van der Waals surface area contributed by atoms with Crippen LogP contribution in [0.4, 0.5) is 0 Å². The highest BCUT2D eigenvalue weighted by atomic mass is 16.8. The number of aromatic carboxylic acids is 1. The smallest absolute Gasteiger partial charge is 0.335 e. The molecule has 31 heavy (non-hydrogen) atoms. The summed E-state index contributed by atoms with van der Waals surface area (Å²) in [5, 5.41) is 21.2. The molecular formula is C23H18O8. The summed E-state index contributed by atoms with van der Waals surface area (Å²) in [7, 11) is 0. The van der Waals surface area contributed by atoms with Gasteiger partial charge in [-0.1, -0.05) is 24.3 Å². The first kappa shape index (κ1) is 19.2. The molecule has 8 nitrogen and oxygen atoms in total. The summed E-state index contributed by atoms with van der Waals surface area (Å²) in [5.74, 6) is -3.08. The predicted molar refractivity (Wildman–Crippen MR) is 108 cm³/mol. The fourth-order valence-electron chi connectivity index (χ4n) is 4.37. The van der Waals surface area contributed by atoms with E-state index in [0.717, 1.165) is 10.8 Å². The van der Waals surface area contributed by atoms with Gasteiger partial charge in [-0.15, -0.1) is 0 Å². The van der Waals surface area contributed by atoms with Crippen LogP contribution in [0.15, 0.2) is 42.5 Å². The van der Waals surface area contributed by atoms with E-state index in [1.54, 1.807) is 12.1 Å². The first-order valence-electron chi connectivity index (χ1n) is 9.89. The fourth-order valence-corrected chi connectivity index (χ4v) is 4.37. The number of carbonyl (C=O) groups excluding carboxylic acids is 1. The number of esters is 1. The van der Waals surface area contributed by atoms with E-state index >= 15 is 0 Å². The third-order valence-corrected chi connectivity index (χ3v) is 5.76. The number of hydrogen-bond donors (Lipinski definition) is 2. The minimum absolute atomic E-state index is 0.00315. The second-order valence-corrected chi connectivity index (χ2v) is 7.72. The SMILES string of the molecule is O=C(O)CCCC12OC(=O)CC1Oc1c(c3ccc(C(=O)O)cc3c3ccccc13)O2. The summed E-state index contributed by atoms with van der Waals surface area (Å²) < 4.78 is 18.1. The molecule has 0 bridgehead atoms. The van der Waals surface area contributed by atoms with E-state index in [4.69, 9.17) is 19.3 Å². The van der Waals surface area contributed by atoms with E-state index in [1.165, 1.54) is 6.07 Å². The van der Waals surface area contributed by atoms with Crippen molar-refractivity contribution in [2.24, 2.45) is 0 Å². The average Bonchev–Trinajstić information content (AvgIpc) is 3.06. The average molecular weight is 422 g/mol. The number of carboxylic acid groups (broad SMARTS) is 2. The van der Waals surface area contributed by atoms with E-state index in [-0.39, 0.29) is 31.2 Å². The summed E-state index contributed by atoms with van der Waals surface area (Å²) in [6.07, 6.45) is -0.400. The lowest BCUT2D eigenvalue weighted by molar-refractivity contribution is -0.208. The molecule has 0 amide bonds. The van der Waals surface area contributed by atoms with Crippen molar-refractivity contribution in [1.29, 1.82) is 0 Å². The molecule has 1 fully saturated rings. The van der Waals surface area contributed by atoms with Crippen LogP contribution in [0.25, 0.3) is 21.5 Å². The maximum absolute atomic E-state index is 12.1. The van der Waals surface area contributed by atoms with Crippen molar-refractivity contribution in [2.75, 3.05) is 0 Å². The highest BCUT2D eigenvalue weighted by Crippen LogP contribution is 2.52. The molecule has 8 heteroatoms. The first-order chi connectivity index (χ1) is 14.9. The molecule has 0 saturated carbocycles. The normalized spacial score (nSPS) is 21.7. The minimum Gasteiger partial charge on any atom is -0.481 e. The topological polar surface area (TPSA) is 119 Å². The van der Waals surface area contributed by atoms with Crippen molar-refractivity contribution in [2.45, 2.75) is 37.6 Å². The van der Waals surface area contributed by atoms with Gasteiger partial charge >= 0.3 is 17.9 Å². The van der Waals surface area contributed by atoms with Crippen molar-refractivity contribution in [3.63, 3.8) is 0 Å². The summed E-state index contributed by atoms with van der Waals surface area (Å²) in [5.41, 5.74) is 0.135. The Hall–Kier alpha value is -3.81. The summed E-state index contributed by atoms with van der Waals surface area (Å²) in [6.45, 7) is 0. The Morgan fingerprint density at radius 3 is 2.45 bits per heavy atom. The van der Waals surface area contributed by atoms with Crippen LogP contribution >= 0.6 is 0 Å². The van der Waals surface area contributed by atoms with Gasteiger partial charge in [-0.25, -0.2) is 4.79 Å². The molecule has 3 aromatic carbocycles. The number of carbonyl (C=O) groups is 3. The molecule has 2 unspecified atom stereocenters. The Kier molecular flexibility index (Phi) is 4.25. The van der Waals surface area contributed by atoms with E-state index in [1.807, 2.05) is 24.3 Å². The maximum atomic E-state index is 12.1. The molecule has 1 saturated heterocycles. The van der Waals surface area contributed by atoms with E-state index in [2.05, 4.69) is 0 Å². The molecule has 0 aliphatic carbocycles. The Morgan fingerprint density at radius 1 is 0.968 bits per heavy atom. The summed E-state index contributed by atoms with van der Waals surface area (Å²) >= 11 is 0. The van der Waals surface area contributed by atoms with Crippen molar-refractivity contribution >= 4 is 39.5 Å². The molecular weight excluding hydrogens is 404 g/mol. The quantitative estimate of drug-likeness (QED) is 0.472. The lowest BCUT2D eigenvalue weighted by Crippen LogP contribution is -2.50. The number of ether oxygens (including phenoxy) is 3. The molecule has 158 valence electrons. The molecule has 5 rings (SSSR count). The number of aliphatic carboxylic acids is 1. The lowest BCUT2D eigenvalue weighted by atomic mass is 9.95. The van der Waals surface area contributed by atoms with Gasteiger partial charge < -0.3 is 24.4 Å². The molecule has 0 aromatic heterocycles. The number of carboxylic acids is 2. The molecule has 2 heterocycles. The molecule has 2 aliphatic rings. The maximum Gasteiger partial charge on any atom is 0.335 e. The van der Waals surface area contributed by atoms with Crippen LogP contribution in [0.3, 0.4) is 0 Å². The molecule has 0 radical (unpaired) electrons. The van der Waals surface area contributed by atoms with Gasteiger partial charge in [0.25, 0.3) is 5.79 Å². The molecule has 2 aliphatic heterocycles. The molecule has 3 aromatic rings. The zero-order valence-corrected chi connectivity index (χ0v) is 16.3. The van der Waals surface area contributed by atoms with Gasteiger partial charge in [-0.3, -0.25) is 9.59 Å². The zero-order chi connectivity index (χ0) is 21.8.